The second-order valence-electron chi connectivity index (χ2n) is 7.92. The van der Waals surface area contributed by atoms with Crippen LogP contribution < -0.4 is 24.7 Å². The van der Waals surface area contributed by atoms with Crippen molar-refractivity contribution in [1.82, 2.24) is 19.2 Å². The van der Waals surface area contributed by atoms with E-state index in [2.05, 4.69) is 31.0 Å². The first kappa shape index (κ1) is 21.6. The Labute approximate surface area is 198 Å². The zero-order valence-electron chi connectivity index (χ0n) is 18.7. The Morgan fingerprint density at radius 2 is 1.67 bits per heavy atom. The fourth-order valence-electron chi connectivity index (χ4n) is 4.44. The Kier molecular flexibility index (Phi) is 5.61. The summed E-state index contributed by atoms with van der Waals surface area (Å²) < 4.78 is 20.9. The lowest BCUT2D eigenvalue weighted by atomic mass is 10.1. The van der Waals surface area contributed by atoms with Gasteiger partial charge < -0.3 is 19.1 Å². The Bertz CT molecular complexity index is 1380. The lowest BCUT2D eigenvalue weighted by molar-refractivity contribution is 0.323. The van der Waals surface area contributed by atoms with Gasteiger partial charge in [-0.05, 0) is 48.7 Å². The van der Waals surface area contributed by atoms with Gasteiger partial charge in [0.2, 0.25) is 17.5 Å². The largest absolute Gasteiger partial charge is 0.493 e. The van der Waals surface area contributed by atoms with Crippen LogP contribution >= 0.6 is 15.9 Å². The summed E-state index contributed by atoms with van der Waals surface area (Å²) in [5.41, 5.74) is 1.45. The molecule has 0 bridgehead atoms. The number of aromatic nitrogens is 4. The summed E-state index contributed by atoms with van der Waals surface area (Å²) in [5.74, 6) is 2.80. The van der Waals surface area contributed by atoms with Crippen molar-refractivity contribution in [3.63, 3.8) is 0 Å². The zero-order valence-corrected chi connectivity index (χ0v) is 20.3. The van der Waals surface area contributed by atoms with Gasteiger partial charge in [0.25, 0.3) is 5.56 Å². The second-order valence-corrected chi connectivity index (χ2v) is 8.83. The Balaban J connectivity index is 1.75. The van der Waals surface area contributed by atoms with Crippen LogP contribution in [0.5, 0.6) is 17.2 Å². The fourth-order valence-corrected chi connectivity index (χ4v) is 4.80. The van der Waals surface area contributed by atoms with Crippen LogP contribution in [0.25, 0.3) is 16.7 Å². The van der Waals surface area contributed by atoms with Crippen LogP contribution in [0.4, 0.5) is 5.95 Å². The summed E-state index contributed by atoms with van der Waals surface area (Å²) in [6, 6.07) is 9.38. The van der Waals surface area contributed by atoms with E-state index in [-0.39, 0.29) is 12.1 Å². The maximum atomic E-state index is 13.6. The van der Waals surface area contributed by atoms with Crippen LogP contribution in [0.15, 0.2) is 39.6 Å². The molecule has 5 rings (SSSR count). The van der Waals surface area contributed by atoms with Crippen LogP contribution in [-0.2, 0) is 6.54 Å². The molecule has 33 heavy (non-hydrogen) atoms. The number of anilines is 1. The molecule has 1 saturated heterocycles. The molecule has 0 spiro atoms. The Morgan fingerprint density at radius 1 is 0.970 bits per heavy atom. The maximum Gasteiger partial charge on any atom is 0.263 e. The minimum atomic E-state index is -0.145. The topological polar surface area (TPSA) is 83.1 Å². The number of methoxy groups -OCH3 is 3. The number of hydrogen-bond donors (Lipinski definition) is 0. The number of ether oxygens (including phenoxy) is 3. The van der Waals surface area contributed by atoms with Gasteiger partial charge in [0, 0.05) is 17.6 Å². The Morgan fingerprint density at radius 3 is 2.30 bits per heavy atom. The molecule has 1 aliphatic heterocycles. The van der Waals surface area contributed by atoms with E-state index >= 15 is 0 Å². The van der Waals surface area contributed by atoms with Crippen molar-refractivity contribution in [3.05, 3.63) is 50.7 Å². The molecule has 0 unspecified atom stereocenters. The summed E-state index contributed by atoms with van der Waals surface area (Å²) in [5, 5.41) is 9.52. The third kappa shape index (κ3) is 3.58. The number of benzene rings is 2. The third-order valence-electron chi connectivity index (χ3n) is 6.00. The van der Waals surface area contributed by atoms with Gasteiger partial charge in [-0.2, -0.15) is 0 Å². The van der Waals surface area contributed by atoms with Crippen molar-refractivity contribution in [2.45, 2.75) is 19.4 Å². The molecule has 1 aliphatic rings. The molecule has 9 nitrogen and oxygen atoms in total. The summed E-state index contributed by atoms with van der Waals surface area (Å²) in [6.07, 6.45) is 2.23. The van der Waals surface area contributed by atoms with Crippen molar-refractivity contribution in [2.75, 3.05) is 39.3 Å². The van der Waals surface area contributed by atoms with Gasteiger partial charge in [-0.3, -0.25) is 9.36 Å². The van der Waals surface area contributed by atoms with Gasteiger partial charge in [-0.15, -0.1) is 10.2 Å². The molecule has 0 atom stereocenters. The highest BCUT2D eigenvalue weighted by Gasteiger charge is 2.23. The molecular weight excluding hydrogens is 490 g/mol. The van der Waals surface area contributed by atoms with E-state index in [1.807, 2.05) is 34.7 Å². The molecule has 0 aliphatic carbocycles. The number of fused-ring (bicyclic) bond motifs is 3. The van der Waals surface area contributed by atoms with Crippen LogP contribution in [0.2, 0.25) is 0 Å². The molecule has 2 aromatic carbocycles. The first-order chi connectivity index (χ1) is 16.0. The lowest BCUT2D eigenvalue weighted by Crippen LogP contribution is -2.26. The average Bonchev–Trinajstić information content (AvgIpc) is 3.51. The van der Waals surface area contributed by atoms with Crippen molar-refractivity contribution < 1.29 is 14.2 Å². The highest BCUT2D eigenvalue weighted by atomic mass is 79.9. The molecule has 2 aromatic heterocycles. The monoisotopic (exact) mass is 513 g/mol. The second kappa shape index (κ2) is 8.58. The molecule has 0 radical (unpaired) electrons. The van der Waals surface area contributed by atoms with Crippen LogP contribution in [0, 0.1) is 0 Å². The number of hydrogen-bond acceptors (Lipinski definition) is 7. The van der Waals surface area contributed by atoms with E-state index < -0.39 is 0 Å². The fraction of sp³-hybridized carbons (Fsp3) is 0.348. The first-order valence-corrected chi connectivity index (χ1v) is 11.5. The molecule has 0 saturated carbocycles. The van der Waals surface area contributed by atoms with Gasteiger partial charge in [0.15, 0.2) is 11.5 Å². The van der Waals surface area contributed by atoms with Crippen LogP contribution in [0.1, 0.15) is 18.4 Å². The highest BCUT2D eigenvalue weighted by molar-refractivity contribution is 9.10. The van der Waals surface area contributed by atoms with Crippen molar-refractivity contribution in [1.29, 1.82) is 0 Å². The van der Waals surface area contributed by atoms with E-state index in [1.165, 1.54) is 0 Å². The van der Waals surface area contributed by atoms with Gasteiger partial charge in [-0.1, -0.05) is 15.9 Å². The Hall–Kier alpha value is -3.27. The predicted molar refractivity (Wildman–Crippen MR) is 129 cm³/mol. The van der Waals surface area contributed by atoms with Gasteiger partial charge in [0.1, 0.15) is 0 Å². The predicted octanol–water partition coefficient (Wildman–Crippen LogP) is 3.48. The number of rotatable bonds is 6. The smallest absolute Gasteiger partial charge is 0.263 e. The van der Waals surface area contributed by atoms with Gasteiger partial charge >= 0.3 is 0 Å². The molecule has 0 N–H and O–H groups in total. The van der Waals surface area contributed by atoms with Crippen molar-refractivity contribution >= 4 is 38.6 Å². The molecule has 1 fully saturated rings. The number of halogens is 1. The summed E-state index contributed by atoms with van der Waals surface area (Å²) >= 11 is 3.51. The normalized spacial score (nSPS) is 13.8. The first-order valence-electron chi connectivity index (χ1n) is 10.7. The minimum Gasteiger partial charge on any atom is -0.493 e. The lowest BCUT2D eigenvalue weighted by Gasteiger charge is -2.18. The van der Waals surface area contributed by atoms with E-state index in [9.17, 15) is 4.79 Å². The molecular formula is C23H24BrN5O4. The van der Waals surface area contributed by atoms with E-state index in [4.69, 9.17) is 14.2 Å². The van der Waals surface area contributed by atoms with Crippen molar-refractivity contribution in [3.8, 4) is 17.2 Å². The zero-order chi connectivity index (χ0) is 23.1. The van der Waals surface area contributed by atoms with Gasteiger partial charge in [0.05, 0.1) is 38.8 Å². The molecule has 172 valence electrons. The molecule has 0 amide bonds. The SMILES string of the molecule is COc1cc(Cn2c(=O)c3cc(Br)ccc3n3c(N4CCCC4)nnc23)cc(OC)c1OC. The molecule has 4 aromatic rings. The molecule has 3 heterocycles. The average molecular weight is 514 g/mol. The third-order valence-corrected chi connectivity index (χ3v) is 6.49. The maximum absolute atomic E-state index is 13.6. The van der Waals surface area contributed by atoms with Crippen LogP contribution in [-0.4, -0.2) is 53.6 Å². The summed E-state index contributed by atoms with van der Waals surface area (Å²) in [7, 11) is 4.70. The number of nitrogens with zero attached hydrogens (tertiary/aromatic N) is 5. The van der Waals surface area contributed by atoms with E-state index in [0.717, 1.165) is 47.4 Å². The van der Waals surface area contributed by atoms with E-state index in [1.54, 1.807) is 25.9 Å². The van der Waals surface area contributed by atoms with Gasteiger partial charge in [-0.25, -0.2) is 4.40 Å². The summed E-state index contributed by atoms with van der Waals surface area (Å²) in [6.45, 7) is 2.11. The van der Waals surface area contributed by atoms with Crippen molar-refractivity contribution in [2.24, 2.45) is 0 Å². The van der Waals surface area contributed by atoms with Crippen LogP contribution in [0.3, 0.4) is 0 Å². The highest BCUT2D eigenvalue weighted by Crippen LogP contribution is 2.38. The van der Waals surface area contributed by atoms with E-state index in [0.29, 0.717) is 28.4 Å². The minimum absolute atomic E-state index is 0.145. The molecule has 10 heteroatoms. The standard InChI is InChI=1S/C23H24BrN5O4/c1-31-18-10-14(11-19(32-2)20(18)33-3)13-28-21(30)16-12-15(24)6-7-17(16)29-22(25-26-23(28)29)27-8-4-5-9-27/h6-7,10-12H,4-5,8-9,13H2,1-3H3. The quantitative estimate of drug-likeness (QED) is 0.390. The summed E-state index contributed by atoms with van der Waals surface area (Å²) in [4.78, 5) is 15.8.